The van der Waals surface area contributed by atoms with E-state index in [1.54, 1.807) is 31.3 Å². The maximum Gasteiger partial charge on any atom is 0.341 e. The molecule has 0 spiro atoms. The molecule has 0 bridgehead atoms. The van der Waals surface area contributed by atoms with E-state index in [-0.39, 0.29) is 11.7 Å². The largest absolute Gasteiger partial charge is 0.504 e. The third kappa shape index (κ3) is 4.14. The monoisotopic (exact) mass is 389 g/mol. The number of para-hydroxylation sites is 1. The summed E-state index contributed by atoms with van der Waals surface area (Å²) in [5.41, 5.74) is 2.18. The number of hydrogen-bond acceptors (Lipinski definition) is 6. The molecule has 0 amide bonds. The van der Waals surface area contributed by atoms with Crippen molar-refractivity contribution in [1.29, 1.82) is 0 Å². The van der Waals surface area contributed by atoms with Gasteiger partial charge in [0.1, 0.15) is 17.1 Å². The van der Waals surface area contributed by atoms with Gasteiger partial charge in [-0.3, -0.25) is 0 Å². The Hall–Kier alpha value is -2.38. The number of esters is 1. The van der Waals surface area contributed by atoms with Gasteiger partial charge in [-0.25, -0.2) is 9.79 Å². The number of hydrogen-bond donors (Lipinski definition) is 2. The molecule has 1 unspecified atom stereocenters. The van der Waals surface area contributed by atoms with Crippen LogP contribution in [0.4, 0.5) is 5.00 Å². The number of fused-ring (bicyclic) bond motifs is 1. The van der Waals surface area contributed by atoms with Crippen molar-refractivity contribution in [3.05, 3.63) is 39.8 Å². The van der Waals surface area contributed by atoms with E-state index < -0.39 is 0 Å². The zero-order valence-electron chi connectivity index (χ0n) is 15.9. The molecule has 144 valence electrons. The number of phenols is 1. The molecule has 0 aliphatic carbocycles. The van der Waals surface area contributed by atoms with Crippen LogP contribution in [0.2, 0.25) is 0 Å². The Morgan fingerprint density at radius 3 is 2.93 bits per heavy atom. The van der Waals surface area contributed by atoms with E-state index in [4.69, 9.17) is 9.47 Å². The van der Waals surface area contributed by atoms with Gasteiger partial charge >= 0.3 is 5.97 Å². The summed E-state index contributed by atoms with van der Waals surface area (Å²) in [7, 11) is 2.15. The van der Waals surface area contributed by atoms with Crippen LogP contribution in [0.15, 0.2) is 23.2 Å². The van der Waals surface area contributed by atoms with E-state index in [0.29, 0.717) is 35.1 Å². The molecule has 2 heterocycles. The van der Waals surface area contributed by atoms with Crippen molar-refractivity contribution in [2.75, 3.05) is 26.8 Å². The SMILES string of the molecule is CCOC(=O)c1c(/N=C/c2cccc(OCC)c2O)sc2c1CC[NH+](C)C2. The zero-order chi connectivity index (χ0) is 19.4. The highest BCUT2D eigenvalue weighted by molar-refractivity contribution is 7.16. The number of nitrogens with one attached hydrogen (secondary N) is 1. The first-order chi connectivity index (χ1) is 13.0. The minimum absolute atomic E-state index is 0.0475. The number of likely N-dealkylation sites (N-methyl/N-ethyl adjacent to an activating group) is 1. The van der Waals surface area contributed by atoms with Crippen LogP contribution in [0.5, 0.6) is 11.5 Å². The number of rotatable bonds is 6. The first kappa shape index (κ1) is 19.4. The zero-order valence-corrected chi connectivity index (χ0v) is 16.7. The van der Waals surface area contributed by atoms with Gasteiger partial charge in [0, 0.05) is 18.2 Å². The molecule has 1 aromatic carbocycles. The fraction of sp³-hybridized carbons (Fsp3) is 0.400. The second-order valence-corrected chi connectivity index (χ2v) is 7.51. The maximum atomic E-state index is 12.5. The molecule has 2 N–H and O–H groups in total. The lowest BCUT2D eigenvalue weighted by Crippen LogP contribution is -3.08. The molecule has 0 fully saturated rings. The van der Waals surface area contributed by atoms with E-state index in [9.17, 15) is 9.90 Å². The van der Waals surface area contributed by atoms with Gasteiger partial charge in [-0.1, -0.05) is 6.07 Å². The van der Waals surface area contributed by atoms with Crippen LogP contribution < -0.4 is 9.64 Å². The van der Waals surface area contributed by atoms with Gasteiger partial charge in [0.15, 0.2) is 11.5 Å². The summed E-state index contributed by atoms with van der Waals surface area (Å²) in [6.07, 6.45) is 2.42. The van der Waals surface area contributed by atoms with Crippen molar-refractivity contribution >= 4 is 28.5 Å². The number of carbonyl (C=O) groups excluding carboxylic acids is 1. The summed E-state index contributed by atoms with van der Waals surface area (Å²) in [5.74, 6) is 0.142. The number of carbonyl (C=O) groups is 1. The average Bonchev–Trinajstić information content (AvgIpc) is 3.00. The Balaban J connectivity index is 1.98. The molecule has 3 rings (SSSR count). The highest BCUT2D eigenvalue weighted by atomic mass is 32.1. The number of benzene rings is 1. The normalized spacial score (nSPS) is 16.3. The smallest absolute Gasteiger partial charge is 0.341 e. The predicted octanol–water partition coefficient (Wildman–Crippen LogP) is 2.35. The van der Waals surface area contributed by atoms with Crippen LogP contribution in [0.25, 0.3) is 0 Å². The van der Waals surface area contributed by atoms with Crippen LogP contribution >= 0.6 is 11.3 Å². The molecule has 0 saturated heterocycles. The highest BCUT2D eigenvalue weighted by Gasteiger charge is 2.29. The summed E-state index contributed by atoms with van der Waals surface area (Å²) < 4.78 is 10.7. The molecule has 1 aliphatic heterocycles. The van der Waals surface area contributed by atoms with Gasteiger partial charge < -0.3 is 19.5 Å². The first-order valence-corrected chi connectivity index (χ1v) is 9.98. The van der Waals surface area contributed by atoms with E-state index >= 15 is 0 Å². The number of nitrogens with zero attached hydrogens (tertiary/aromatic N) is 1. The Kier molecular flexibility index (Phi) is 6.13. The van der Waals surface area contributed by atoms with Crippen molar-refractivity contribution in [1.82, 2.24) is 0 Å². The lowest BCUT2D eigenvalue weighted by atomic mass is 10.0. The Bertz CT molecular complexity index is 860. The van der Waals surface area contributed by atoms with Crippen LogP contribution in [-0.2, 0) is 17.7 Å². The van der Waals surface area contributed by atoms with Gasteiger partial charge in [-0.05, 0) is 31.5 Å². The molecule has 2 aromatic rings. The van der Waals surface area contributed by atoms with Crippen molar-refractivity contribution in [2.24, 2.45) is 4.99 Å². The third-order valence-corrected chi connectivity index (χ3v) is 5.61. The van der Waals surface area contributed by atoms with Gasteiger partial charge in [-0.2, -0.15) is 0 Å². The topological polar surface area (TPSA) is 72.6 Å². The number of aromatic hydroxyl groups is 1. The minimum atomic E-state index is -0.325. The molecule has 0 saturated carbocycles. The summed E-state index contributed by atoms with van der Waals surface area (Å²) in [5, 5.41) is 11.0. The van der Waals surface area contributed by atoms with Gasteiger partial charge in [0.25, 0.3) is 0 Å². The molecular weight excluding hydrogens is 364 g/mol. The lowest BCUT2D eigenvalue weighted by Gasteiger charge is -2.19. The van der Waals surface area contributed by atoms with E-state index in [2.05, 4.69) is 12.0 Å². The summed E-state index contributed by atoms with van der Waals surface area (Å²) in [6, 6.07) is 5.27. The molecular formula is C20H25N2O4S+. The summed E-state index contributed by atoms with van der Waals surface area (Å²) in [6.45, 7) is 6.32. The van der Waals surface area contributed by atoms with E-state index in [1.807, 2.05) is 6.92 Å². The molecule has 6 nitrogen and oxygen atoms in total. The Morgan fingerprint density at radius 2 is 2.19 bits per heavy atom. The molecule has 27 heavy (non-hydrogen) atoms. The fourth-order valence-electron chi connectivity index (χ4n) is 3.15. The second kappa shape index (κ2) is 8.54. The minimum Gasteiger partial charge on any atom is -0.504 e. The molecule has 1 aliphatic rings. The van der Waals surface area contributed by atoms with Crippen LogP contribution in [0.1, 0.15) is 40.2 Å². The molecule has 0 radical (unpaired) electrons. The number of aliphatic imine (C=N–C) groups is 1. The quantitative estimate of drug-likeness (QED) is 0.588. The number of phenolic OH excluding ortho intramolecular Hbond substituents is 1. The lowest BCUT2D eigenvalue weighted by molar-refractivity contribution is -0.895. The average molecular weight is 389 g/mol. The van der Waals surface area contributed by atoms with Crippen molar-refractivity contribution < 1.29 is 24.3 Å². The third-order valence-electron chi connectivity index (χ3n) is 4.47. The first-order valence-electron chi connectivity index (χ1n) is 9.16. The molecule has 1 aromatic heterocycles. The van der Waals surface area contributed by atoms with Crippen molar-refractivity contribution in [3.63, 3.8) is 0 Å². The van der Waals surface area contributed by atoms with Gasteiger partial charge in [-0.15, -0.1) is 11.3 Å². The molecule has 1 atom stereocenters. The Morgan fingerprint density at radius 1 is 1.37 bits per heavy atom. The maximum absolute atomic E-state index is 12.5. The Labute approximate surface area is 163 Å². The van der Waals surface area contributed by atoms with Crippen LogP contribution in [-0.4, -0.2) is 44.1 Å². The van der Waals surface area contributed by atoms with E-state index in [0.717, 1.165) is 25.1 Å². The number of ether oxygens (including phenoxy) is 2. The van der Waals surface area contributed by atoms with Crippen molar-refractivity contribution in [3.8, 4) is 11.5 Å². The fourth-order valence-corrected chi connectivity index (χ4v) is 4.45. The van der Waals surface area contributed by atoms with Crippen molar-refractivity contribution in [2.45, 2.75) is 26.8 Å². The van der Waals surface area contributed by atoms with Crippen LogP contribution in [0.3, 0.4) is 0 Å². The highest BCUT2D eigenvalue weighted by Crippen LogP contribution is 2.38. The second-order valence-electron chi connectivity index (χ2n) is 6.42. The number of quaternary nitrogens is 1. The molecule has 7 heteroatoms. The predicted molar refractivity (Wildman–Crippen MR) is 106 cm³/mol. The van der Waals surface area contributed by atoms with Gasteiger partial charge in [0.05, 0.1) is 31.7 Å². The van der Waals surface area contributed by atoms with Crippen LogP contribution in [0, 0.1) is 0 Å². The standard InChI is InChI=1S/C20H24N2O4S/c1-4-25-15-8-6-7-13(18(15)23)11-21-19-17(20(24)26-5-2)14-9-10-22(3)12-16(14)27-19/h6-8,11,23H,4-5,9-10,12H2,1-3H3/p+1/b21-11+. The van der Waals surface area contributed by atoms with Gasteiger partial charge in [0.2, 0.25) is 0 Å². The summed E-state index contributed by atoms with van der Waals surface area (Å²) in [4.78, 5) is 19.7. The number of thiophene rings is 1. The summed E-state index contributed by atoms with van der Waals surface area (Å²) >= 11 is 1.53. The van der Waals surface area contributed by atoms with E-state index in [1.165, 1.54) is 21.1 Å².